The molecule has 186 valence electrons. The Balaban J connectivity index is 1.63. The van der Waals surface area contributed by atoms with Crippen molar-refractivity contribution in [1.29, 1.82) is 0 Å². The van der Waals surface area contributed by atoms with Crippen molar-refractivity contribution in [3.63, 3.8) is 0 Å². The van der Waals surface area contributed by atoms with Gasteiger partial charge >= 0.3 is 6.09 Å². The van der Waals surface area contributed by atoms with Crippen LogP contribution in [0, 0.1) is 5.82 Å². The Morgan fingerprint density at radius 1 is 1.00 bits per heavy atom. The highest BCUT2D eigenvalue weighted by atomic mass is 19.1. The SMILES string of the molecule is COc1ccc(-n2nc(C3CCN(C(=O)OC(C)(C)C)CC3)cc2-c2ccc(OC)c(F)c2)cc1. The first-order valence-corrected chi connectivity index (χ1v) is 11.7. The predicted molar refractivity (Wildman–Crippen MR) is 132 cm³/mol. The standard InChI is InChI=1S/C27H32FN3O4/c1-27(2,3)35-26(32)30-14-12-18(13-15-30)23-17-24(19-6-11-25(34-5)22(28)16-19)31(29-23)20-7-9-21(33-4)10-8-20/h6-11,16-18H,12-15H2,1-5H3. The van der Waals surface area contributed by atoms with Crippen molar-refractivity contribution in [1.82, 2.24) is 14.7 Å². The first-order valence-electron chi connectivity index (χ1n) is 11.7. The third-order valence-corrected chi connectivity index (χ3v) is 6.06. The van der Waals surface area contributed by atoms with E-state index in [1.807, 2.05) is 61.9 Å². The number of piperidine rings is 1. The van der Waals surface area contributed by atoms with Crippen molar-refractivity contribution in [2.45, 2.75) is 45.1 Å². The highest BCUT2D eigenvalue weighted by Crippen LogP contribution is 2.34. The molecule has 0 atom stereocenters. The highest BCUT2D eigenvalue weighted by Gasteiger charge is 2.29. The van der Waals surface area contributed by atoms with E-state index in [4.69, 9.17) is 19.3 Å². The molecule has 35 heavy (non-hydrogen) atoms. The lowest BCUT2D eigenvalue weighted by molar-refractivity contribution is 0.0204. The second kappa shape index (κ2) is 9.98. The number of methoxy groups -OCH3 is 2. The summed E-state index contributed by atoms with van der Waals surface area (Å²) >= 11 is 0. The van der Waals surface area contributed by atoms with Crippen LogP contribution in [0.2, 0.25) is 0 Å². The maximum absolute atomic E-state index is 14.5. The minimum atomic E-state index is -0.520. The molecule has 3 aromatic rings. The molecule has 1 aromatic heterocycles. The monoisotopic (exact) mass is 481 g/mol. The number of nitrogens with zero attached hydrogens (tertiary/aromatic N) is 3. The van der Waals surface area contributed by atoms with Gasteiger partial charge in [0.1, 0.15) is 11.4 Å². The highest BCUT2D eigenvalue weighted by molar-refractivity contribution is 5.68. The Labute approximate surface area is 205 Å². The average Bonchev–Trinajstić information content (AvgIpc) is 3.28. The van der Waals surface area contributed by atoms with Crippen LogP contribution in [-0.4, -0.2) is 53.7 Å². The molecular formula is C27H32FN3O4. The van der Waals surface area contributed by atoms with Gasteiger partial charge in [-0.25, -0.2) is 13.9 Å². The number of carbonyl (C=O) groups is 1. The number of hydrogen-bond donors (Lipinski definition) is 0. The third-order valence-electron chi connectivity index (χ3n) is 6.06. The Kier molecular flexibility index (Phi) is 7.00. The number of carbonyl (C=O) groups excluding carboxylic acids is 1. The summed E-state index contributed by atoms with van der Waals surface area (Å²) in [4.78, 5) is 14.2. The molecular weight excluding hydrogens is 449 g/mol. The molecule has 0 saturated carbocycles. The van der Waals surface area contributed by atoms with E-state index in [0.717, 1.165) is 35.7 Å². The molecule has 0 N–H and O–H groups in total. The summed E-state index contributed by atoms with van der Waals surface area (Å²) in [6, 6.07) is 14.5. The maximum Gasteiger partial charge on any atom is 0.410 e. The zero-order chi connectivity index (χ0) is 25.2. The van der Waals surface area contributed by atoms with Crippen molar-refractivity contribution < 1.29 is 23.4 Å². The summed E-state index contributed by atoms with van der Waals surface area (Å²) in [5.41, 5.74) is 2.71. The summed E-state index contributed by atoms with van der Waals surface area (Å²) in [5.74, 6) is 0.682. The van der Waals surface area contributed by atoms with Crippen LogP contribution >= 0.6 is 0 Å². The fourth-order valence-electron chi connectivity index (χ4n) is 4.23. The van der Waals surface area contributed by atoms with Gasteiger partial charge in [0, 0.05) is 24.6 Å². The molecule has 0 unspecified atom stereocenters. The van der Waals surface area contributed by atoms with E-state index >= 15 is 0 Å². The lowest BCUT2D eigenvalue weighted by Gasteiger charge is -2.32. The zero-order valence-corrected chi connectivity index (χ0v) is 20.9. The van der Waals surface area contributed by atoms with Crippen LogP contribution in [0.15, 0.2) is 48.5 Å². The second-order valence-corrected chi connectivity index (χ2v) is 9.66. The van der Waals surface area contributed by atoms with Crippen molar-refractivity contribution in [2.24, 2.45) is 0 Å². The topological polar surface area (TPSA) is 65.8 Å². The molecule has 1 saturated heterocycles. The van der Waals surface area contributed by atoms with Gasteiger partial charge in [0.2, 0.25) is 0 Å². The van der Waals surface area contributed by atoms with Crippen molar-refractivity contribution in [3.8, 4) is 28.4 Å². The average molecular weight is 482 g/mol. The largest absolute Gasteiger partial charge is 0.497 e. The van der Waals surface area contributed by atoms with Gasteiger partial charge in [0.15, 0.2) is 11.6 Å². The van der Waals surface area contributed by atoms with Gasteiger partial charge in [-0.3, -0.25) is 0 Å². The fraction of sp³-hybridized carbons (Fsp3) is 0.407. The van der Waals surface area contributed by atoms with Gasteiger partial charge in [-0.05, 0) is 82.1 Å². The van der Waals surface area contributed by atoms with Crippen LogP contribution in [0.1, 0.15) is 45.2 Å². The Bertz CT molecular complexity index is 1180. The lowest BCUT2D eigenvalue weighted by atomic mass is 9.93. The zero-order valence-electron chi connectivity index (χ0n) is 20.9. The second-order valence-electron chi connectivity index (χ2n) is 9.66. The van der Waals surface area contributed by atoms with Crippen molar-refractivity contribution >= 4 is 6.09 Å². The molecule has 0 bridgehead atoms. The molecule has 0 aliphatic carbocycles. The van der Waals surface area contributed by atoms with Crippen LogP contribution in [-0.2, 0) is 4.74 Å². The first kappa shape index (κ1) is 24.6. The summed E-state index contributed by atoms with van der Waals surface area (Å²) in [6.07, 6.45) is 1.26. The van der Waals surface area contributed by atoms with Crippen LogP contribution in [0.3, 0.4) is 0 Å². The lowest BCUT2D eigenvalue weighted by Crippen LogP contribution is -2.41. The van der Waals surface area contributed by atoms with E-state index in [9.17, 15) is 9.18 Å². The minimum absolute atomic E-state index is 0.176. The third kappa shape index (κ3) is 5.58. The van der Waals surface area contributed by atoms with E-state index in [1.54, 1.807) is 18.1 Å². The van der Waals surface area contributed by atoms with Crippen molar-refractivity contribution in [2.75, 3.05) is 27.3 Å². The van der Waals surface area contributed by atoms with E-state index in [1.165, 1.54) is 13.2 Å². The van der Waals surface area contributed by atoms with E-state index in [2.05, 4.69) is 0 Å². The molecule has 1 amide bonds. The Morgan fingerprint density at radius 3 is 2.26 bits per heavy atom. The molecule has 0 spiro atoms. The molecule has 7 nitrogen and oxygen atoms in total. The quantitative estimate of drug-likeness (QED) is 0.460. The molecule has 0 radical (unpaired) electrons. The van der Waals surface area contributed by atoms with Gasteiger partial charge < -0.3 is 19.1 Å². The molecule has 8 heteroatoms. The van der Waals surface area contributed by atoms with Gasteiger partial charge in [0.25, 0.3) is 0 Å². The number of amides is 1. The number of halogens is 1. The number of rotatable bonds is 5. The van der Waals surface area contributed by atoms with Gasteiger partial charge in [-0.2, -0.15) is 5.10 Å². The van der Waals surface area contributed by atoms with Crippen LogP contribution in [0.4, 0.5) is 9.18 Å². The summed E-state index contributed by atoms with van der Waals surface area (Å²) in [7, 11) is 3.07. The normalized spacial score (nSPS) is 14.6. The number of aromatic nitrogens is 2. The maximum atomic E-state index is 14.5. The molecule has 1 aliphatic heterocycles. The van der Waals surface area contributed by atoms with Gasteiger partial charge in [-0.1, -0.05) is 0 Å². The number of likely N-dealkylation sites (tertiary alicyclic amines) is 1. The summed E-state index contributed by atoms with van der Waals surface area (Å²) in [5, 5.41) is 4.93. The number of benzene rings is 2. The van der Waals surface area contributed by atoms with Crippen molar-refractivity contribution in [3.05, 3.63) is 60.0 Å². The molecule has 1 aliphatic rings. The first-order chi connectivity index (χ1) is 16.7. The Morgan fingerprint density at radius 2 is 1.69 bits per heavy atom. The number of ether oxygens (including phenoxy) is 3. The van der Waals surface area contributed by atoms with Gasteiger partial charge in [-0.15, -0.1) is 0 Å². The summed E-state index contributed by atoms with van der Waals surface area (Å²) in [6.45, 7) is 6.80. The molecule has 2 heterocycles. The Hall–Kier alpha value is -3.55. The fourth-order valence-corrected chi connectivity index (χ4v) is 4.23. The van der Waals surface area contributed by atoms with Crippen LogP contribution in [0.5, 0.6) is 11.5 Å². The van der Waals surface area contributed by atoms with Crippen LogP contribution in [0.25, 0.3) is 16.9 Å². The number of hydrogen-bond acceptors (Lipinski definition) is 5. The van der Waals surface area contributed by atoms with E-state index in [0.29, 0.717) is 18.7 Å². The molecule has 4 rings (SSSR count). The van der Waals surface area contributed by atoms with E-state index < -0.39 is 11.4 Å². The molecule has 2 aromatic carbocycles. The van der Waals surface area contributed by atoms with Gasteiger partial charge in [0.05, 0.1) is 31.3 Å². The predicted octanol–water partition coefficient (Wildman–Crippen LogP) is 5.81. The van der Waals surface area contributed by atoms with Crippen LogP contribution < -0.4 is 9.47 Å². The summed E-state index contributed by atoms with van der Waals surface area (Å²) < 4.78 is 32.3. The molecule has 1 fully saturated rings. The van der Waals surface area contributed by atoms with E-state index in [-0.39, 0.29) is 17.8 Å². The smallest absolute Gasteiger partial charge is 0.410 e. The minimum Gasteiger partial charge on any atom is -0.497 e.